The molecule has 1 aromatic heterocycles. The Kier molecular flexibility index (Phi) is 10.6. The fourth-order valence-electron chi connectivity index (χ4n) is 3.20. The molecule has 8 heteroatoms. The molecule has 0 atom stereocenters. The maximum atomic E-state index is 13.2. The molecule has 0 spiro atoms. The van der Waals surface area contributed by atoms with Crippen LogP contribution in [-0.2, 0) is 4.79 Å². The van der Waals surface area contributed by atoms with Crippen LogP contribution in [0.4, 0.5) is 9.52 Å². The number of rotatable bonds is 11. The molecule has 0 bridgehead atoms. The van der Waals surface area contributed by atoms with E-state index in [0.29, 0.717) is 17.4 Å². The lowest BCUT2D eigenvalue weighted by Gasteiger charge is -2.23. The molecule has 0 aliphatic heterocycles. The average molecular weight is 478 g/mol. The normalized spacial score (nSPS) is 10.6. The van der Waals surface area contributed by atoms with Crippen molar-refractivity contribution in [2.45, 2.75) is 20.3 Å². The van der Waals surface area contributed by atoms with Crippen molar-refractivity contribution in [1.29, 1.82) is 0 Å². The van der Waals surface area contributed by atoms with Gasteiger partial charge in [0.15, 0.2) is 11.7 Å². The van der Waals surface area contributed by atoms with E-state index in [2.05, 4.69) is 23.7 Å². The van der Waals surface area contributed by atoms with E-state index >= 15 is 0 Å². The third-order valence-corrected chi connectivity index (χ3v) is 5.88. The summed E-state index contributed by atoms with van der Waals surface area (Å²) >= 11 is 1.41. The van der Waals surface area contributed by atoms with Crippen LogP contribution in [-0.4, -0.2) is 48.6 Å². The lowest BCUT2D eigenvalue weighted by atomic mass is 10.2. The van der Waals surface area contributed by atoms with E-state index in [-0.39, 0.29) is 30.7 Å². The lowest BCUT2D eigenvalue weighted by Crippen LogP contribution is -2.37. The molecular formula is C24H29ClFN3O2S. The molecular weight excluding hydrogens is 449 g/mol. The van der Waals surface area contributed by atoms with Crippen LogP contribution < -0.4 is 9.64 Å². The Morgan fingerprint density at radius 3 is 2.38 bits per heavy atom. The maximum absolute atomic E-state index is 13.2. The van der Waals surface area contributed by atoms with Gasteiger partial charge in [-0.2, -0.15) is 0 Å². The van der Waals surface area contributed by atoms with E-state index in [0.717, 1.165) is 37.3 Å². The molecule has 3 aromatic rings. The Morgan fingerprint density at radius 1 is 1.03 bits per heavy atom. The number of hydrogen-bond acceptors (Lipinski definition) is 5. The number of para-hydroxylation sites is 1. The van der Waals surface area contributed by atoms with Gasteiger partial charge in [-0.15, -0.1) is 23.7 Å². The fraction of sp³-hybridized carbons (Fsp3) is 0.333. The van der Waals surface area contributed by atoms with Crippen molar-refractivity contribution >= 4 is 34.8 Å². The minimum atomic E-state index is -0.287. The number of aromatic nitrogens is 1. The highest BCUT2D eigenvalue weighted by Gasteiger charge is 2.20. The first kappa shape index (κ1) is 25.8. The SMILES string of the molecule is CCN(CC)CCCN(C(=O)COc1ccccc1)c1nc(-c2ccc(F)cc2)cs1.Cl. The highest BCUT2D eigenvalue weighted by molar-refractivity contribution is 7.14. The van der Waals surface area contributed by atoms with Gasteiger partial charge in [-0.3, -0.25) is 9.69 Å². The van der Waals surface area contributed by atoms with Crippen LogP contribution in [0.1, 0.15) is 20.3 Å². The van der Waals surface area contributed by atoms with Gasteiger partial charge >= 0.3 is 0 Å². The molecule has 0 N–H and O–H groups in total. The van der Waals surface area contributed by atoms with Crippen molar-refractivity contribution in [2.75, 3.05) is 37.7 Å². The number of hydrogen-bond donors (Lipinski definition) is 0. The highest BCUT2D eigenvalue weighted by Crippen LogP contribution is 2.28. The van der Waals surface area contributed by atoms with E-state index in [1.54, 1.807) is 17.0 Å². The Morgan fingerprint density at radius 2 is 1.72 bits per heavy atom. The van der Waals surface area contributed by atoms with Crippen molar-refractivity contribution in [1.82, 2.24) is 9.88 Å². The van der Waals surface area contributed by atoms with Crippen LogP contribution in [0.3, 0.4) is 0 Å². The van der Waals surface area contributed by atoms with Gasteiger partial charge in [-0.25, -0.2) is 9.37 Å². The van der Waals surface area contributed by atoms with E-state index in [4.69, 9.17) is 4.74 Å². The maximum Gasteiger partial charge on any atom is 0.266 e. The van der Waals surface area contributed by atoms with Gasteiger partial charge < -0.3 is 9.64 Å². The molecule has 3 rings (SSSR count). The number of carbonyl (C=O) groups is 1. The van der Waals surface area contributed by atoms with Crippen LogP contribution in [0.15, 0.2) is 60.0 Å². The minimum absolute atomic E-state index is 0. The van der Waals surface area contributed by atoms with Crippen molar-refractivity contribution in [3.05, 3.63) is 65.8 Å². The molecule has 0 radical (unpaired) electrons. The molecule has 0 saturated heterocycles. The predicted octanol–water partition coefficient (Wildman–Crippen LogP) is 5.51. The minimum Gasteiger partial charge on any atom is -0.484 e. The van der Waals surface area contributed by atoms with E-state index in [1.807, 2.05) is 35.7 Å². The highest BCUT2D eigenvalue weighted by atomic mass is 35.5. The van der Waals surface area contributed by atoms with E-state index in [9.17, 15) is 9.18 Å². The molecule has 32 heavy (non-hydrogen) atoms. The molecule has 0 unspecified atom stereocenters. The second kappa shape index (κ2) is 13.2. The fourth-order valence-corrected chi connectivity index (χ4v) is 4.08. The molecule has 172 valence electrons. The van der Waals surface area contributed by atoms with E-state index < -0.39 is 0 Å². The summed E-state index contributed by atoms with van der Waals surface area (Å²) in [5.41, 5.74) is 1.55. The number of halogens is 2. The Hall–Kier alpha value is -2.48. The smallest absolute Gasteiger partial charge is 0.266 e. The molecule has 1 amide bonds. The number of amides is 1. The van der Waals surface area contributed by atoms with Crippen molar-refractivity contribution in [3.63, 3.8) is 0 Å². The largest absolute Gasteiger partial charge is 0.484 e. The van der Waals surface area contributed by atoms with E-state index in [1.165, 1.54) is 23.5 Å². The topological polar surface area (TPSA) is 45.7 Å². The number of anilines is 1. The van der Waals surface area contributed by atoms with Crippen LogP contribution in [0, 0.1) is 5.82 Å². The molecule has 0 aliphatic carbocycles. The first-order chi connectivity index (χ1) is 15.1. The number of thiazole rings is 1. The Labute approximate surface area is 199 Å². The molecule has 0 saturated carbocycles. The molecule has 5 nitrogen and oxygen atoms in total. The monoisotopic (exact) mass is 477 g/mol. The van der Waals surface area contributed by atoms with Crippen LogP contribution in [0.2, 0.25) is 0 Å². The lowest BCUT2D eigenvalue weighted by molar-refractivity contribution is -0.120. The number of carbonyl (C=O) groups excluding carboxylic acids is 1. The van der Waals surface area contributed by atoms with Crippen molar-refractivity contribution < 1.29 is 13.9 Å². The summed E-state index contributed by atoms with van der Waals surface area (Å²) in [6, 6.07) is 15.5. The van der Waals surface area contributed by atoms with Gasteiger partial charge in [0.25, 0.3) is 5.91 Å². The third-order valence-electron chi connectivity index (χ3n) is 5.02. The number of nitrogens with zero attached hydrogens (tertiary/aromatic N) is 3. The quantitative estimate of drug-likeness (QED) is 0.365. The number of benzene rings is 2. The molecule has 0 fully saturated rings. The number of ether oxygens (including phenoxy) is 1. The second-order valence-corrected chi connectivity index (χ2v) is 7.89. The first-order valence-corrected chi connectivity index (χ1v) is 11.4. The molecule has 2 aromatic carbocycles. The summed E-state index contributed by atoms with van der Waals surface area (Å²) in [6.07, 6.45) is 0.838. The zero-order valence-electron chi connectivity index (χ0n) is 18.4. The summed E-state index contributed by atoms with van der Waals surface area (Å²) in [6.45, 7) is 7.64. The van der Waals surface area contributed by atoms with Gasteiger partial charge in [0.05, 0.1) is 5.69 Å². The first-order valence-electron chi connectivity index (χ1n) is 10.5. The van der Waals surface area contributed by atoms with Gasteiger partial charge in [-0.1, -0.05) is 32.0 Å². The average Bonchev–Trinajstić information content (AvgIpc) is 3.28. The Bertz CT molecular complexity index is 949. The zero-order chi connectivity index (χ0) is 22.1. The summed E-state index contributed by atoms with van der Waals surface area (Å²) in [4.78, 5) is 21.7. The van der Waals surface area contributed by atoms with Crippen molar-refractivity contribution in [2.24, 2.45) is 0 Å². The second-order valence-electron chi connectivity index (χ2n) is 7.05. The van der Waals surface area contributed by atoms with Crippen LogP contribution in [0.5, 0.6) is 5.75 Å². The third kappa shape index (κ3) is 7.29. The summed E-state index contributed by atoms with van der Waals surface area (Å²) < 4.78 is 18.9. The predicted molar refractivity (Wildman–Crippen MR) is 131 cm³/mol. The zero-order valence-corrected chi connectivity index (χ0v) is 20.0. The molecule has 0 aliphatic rings. The van der Waals surface area contributed by atoms with Gasteiger partial charge in [-0.05, 0) is 62.5 Å². The summed E-state index contributed by atoms with van der Waals surface area (Å²) in [7, 11) is 0. The molecule has 1 heterocycles. The summed E-state index contributed by atoms with van der Waals surface area (Å²) in [5, 5.41) is 2.52. The van der Waals surface area contributed by atoms with Crippen molar-refractivity contribution in [3.8, 4) is 17.0 Å². The van der Waals surface area contributed by atoms with Gasteiger partial charge in [0, 0.05) is 17.5 Å². The standard InChI is InChI=1S/C24H28FN3O2S.ClH/c1-3-27(4-2)15-8-16-28(23(29)17-30-21-9-6-5-7-10-21)24-26-22(18-31-24)19-11-13-20(25)14-12-19;/h5-7,9-14,18H,3-4,8,15-17H2,1-2H3;1H. The van der Waals surface area contributed by atoms with Crippen LogP contribution in [0.25, 0.3) is 11.3 Å². The van der Waals surface area contributed by atoms with Gasteiger partial charge in [0.2, 0.25) is 0 Å². The Balaban J connectivity index is 0.00000363. The van der Waals surface area contributed by atoms with Gasteiger partial charge in [0.1, 0.15) is 11.6 Å². The summed E-state index contributed by atoms with van der Waals surface area (Å²) in [5.74, 6) is 0.235. The van der Waals surface area contributed by atoms with Crippen LogP contribution >= 0.6 is 23.7 Å².